The predicted octanol–water partition coefficient (Wildman–Crippen LogP) is 1.91. The summed E-state index contributed by atoms with van der Waals surface area (Å²) in [6.07, 6.45) is 0. The number of nitrogens with one attached hydrogen (secondary N) is 1. The van der Waals surface area contributed by atoms with Gasteiger partial charge in [-0.2, -0.15) is 0 Å². The van der Waals surface area contributed by atoms with Crippen LogP contribution in [0.4, 0.5) is 17.1 Å². The van der Waals surface area contributed by atoms with E-state index >= 15 is 0 Å². The number of likely N-dealkylation sites (N-methyl/N-ethyl adjacent to an activating group) is 1. The van der Waals surface area contributed by atoms with Gasteiger partial charge in [-0.25, -0.2) is 0 Å². The highest BCUT2D eigenvalue weighted by molar-refractivity contribution is 5.83. The molecule has 1 aromatic carbocycles. The van der Waals surface area contributed by atoms with E-state index in [0.29, 0.717) is 6.04 Å². The van der Waals surface area contributed by atoms with Crippen LogP contribution in [0.2, 0.25) is 0 Å². The second-order valence-electron chi connectivity index (χ2n) is 3.83. The number of fused-ring (bicyclic) bond motifs is 1. The van der Waals surface area contributed by atoms with E-state index in [2.05, 4.69) is 30.1 Å². The molecule has 0 amide bonds. The van der Waals surface area contributed by atoms with E-state index in [-0.39, 0.29) is 0 Å². The number of nitrogens with two attached hydrogens (primary N) is 1. The van der Waals surface area contributed by atoms with E-state index in [4.69, 9.17) is 5.73 Å². The Morgan fingerprint density at radius 3 is 3.07 bits per heavy atom. The summed E-state index contributed by atoms with van der Waals surface area (Å²) in [5.74, 6) is 0. The van der Waals surface area contributed by atoms with Crippen molar-refractivity contribution in [2.75, 3.05) is 29.0 Å². The van der Waals surface area contributed by atoms with Crippen LogP contribution in [0.3, 0.4) is 0 Å². The molecule has 0 saturated heterocycles. The van der Waals surface area contributed by atoms with Crippen LogP contribution in [-0.2, 0) is 0 Å². The number of para-hydroxylation sites is 1. The van der Waals surface area contributed by atoms with E-state index in [9.17, 15) is 0 Å². The second-order valence-corrected chi connectivity index (χ2v) is 3.83. The minimum atomic E-state index is 0.465. The maximum absolute atomic E-state index is 5.93. The van der Waals surface area contributed by atoms with Crippen molar-refractivity contribution in [3.8, 4) is 0 Å². The molecule has 1 unspecified atom stereocenters. The molecule has 0 aromatic heterocycles. The lowest BCUT2D eigenvalue weighted by molar-refractivity contribution is 0.704. The fraction of sp³-hybridized carbons (Fsp3) is 0.455. The maximum atomic E-state index is 5.93. The highest BCUT2D eigenvalue weighted by Gasteiger charge is 2.20. The van der Waals surface area contributed by atoms with Crippen LogP contribution in [-0.4, -0.2) is 19.1 Å². The van der Waals surface area contributed by atoms with Gasteiger partial charge in [0.25, 0.3) is 0 Å². The molecular formula is C11H17N3. The van der Waals surface area contributed by atoms with Crippen LogP contribution in [0.5, 0.6) is 0 Å². The van der Waals surface area contributed by atoms with Gasteiger partial charge in [0.2, 0.25) is 0 Å². The fourth-order valence-corrected chi connectivity index (χ4v) is 2.00. The van der Waals surface area contributed by atoms with Gasteiger partial charge in [0, 0.05) is 19.1 Å². The molecule has 0 saturated carbocycles. The van der Waals surface area contributed by atoms with Crippen molar-refractivity contribution in [2.24, 2.45) is 0 Å². The minimum Gasteiger partial charge on any atom is -0.397 e. The van der Waals surface area contributed by atoms with E-state index in [1.807, 2.05) is 12.1 Å². The van der Waals surface area contributed by atoms with Crippen LogP contribution < -0.4 is 16.0 Å². The van der Waals surface area contributed by atoms with Crippen molar-refractivity contribution in [3.05, 3.63) is 18.2 Å². The van der Waals surface area contributed by atoms with Crippen LogP contribution in [0.1, 0.15) is 13.8 Å². The zero-order valence-electron chi connectivity index (χ0n) is 8.75. The first-order chi connectivity index (χ1) is 6.72. The summed E-state index contributed by atoms with van der Waals surface area (Å²) in [5, 5.41) is 3.43. The molecule has 3 N–H and O–H groups in total. The molecule has 14 heavy (non-hydrogen) atoms. The molecular weight excluding hydrogens is 174 g/mol. The molecule has 1 atom stereocenters. The molecule has 1 aliphatic heterocycles. The SMILES string of the molecule is CCN1CC(C)Nc2c(N)cccc21. The number of nitrogen functional groups attached to an aromatic ring is 1. The van der Waals surface area contributed by atoms with Crippen LogP contribution in [0.15, 0.2) is 18.2 Å². The monoisotopic (exact) mass is 191 g/mol. The van der Waals surface area contributed by atoms with E-state index < -0.39 is 0 Å². The lowest BCUT2D eigenvalue weighted by atomic mass is 10.1. The van der Waals surface area contributed by atoms with Gasteiger partial charge in [-0.3, -0.25) is 0 Å². The van der Waals surface area contributed by atoms with E-state index in [1.165, 1.54) is 5.69 Å². The largest absolute Gasteiger partial charge is 0.397 e. The lowest BCUT2D eigenvalue weighted by Crippen LogP contribution is -2.39. The molecule has 0 aliphatic carbocycles. The van der Waals surface area contributed by atoms with Gasteiger partial charge in [0.05, 0.1) is 17.1 Å². The molecule has 76 valence electrons. The van der Waals surface area contributed by atoms with Gasteiger partial charge in [0.1, 0.15) is 0 Å². The molecule has 1 heterocycles. The number of benzene rings is 1. The summed E-state index contributed by atoms with van der Waals surface area (Å²) in [5.41, 5.74) is 9.09. The van der Waals surface area contributed by atoms with Crippen molar-refractivity contribution in [3.63, 3.8) is 0 Å². The van der Waals surface area contributed by atoms with Crippen molar-refractivity contribution in [2.45, 2.75) is 19.9 Å². The van der Waals surface area contributed by atoms with Crippen LogP contribution in [0, 0.1) is 0 Å². The molecule has 2 rings (SSSR count). The Hall–Kier alpha value is -1.38. The average Bonchev–Trinajstić information content (AvgIpc) is 2.18. The number of rotatable bonds is 1. The zero-order chi connectivity index (χ0) is 10.1. The van der Waals surface area contributed by atoms with Crippen molar-refractivity contribution in [1.29, 1.82) is 0 Å². The maximum Gasteiger partial charge on any atom is 0.0814 e. The summed E-state index contributed by atoms with van der Waals surface area (Å²) < 4.78 is 0. The quantitative estimate of drug-likeness (QED) is 0.666. The van der Waals surface area contributed by atoms with Crippen molar-refractivity contribution < 1.29 is 0 Å². The molecule has 3 heteroatoms. The second kappa shape index (κ2) is 3.40. The van der Waals surface area contributed by atoms with Gasteiger partial charge in [-0.05, 0) is 26.0 Å². The first-order valence-corrected chi connectivity index (χ1v) is 5.12. The Labute approximate surface area is 84.9 Å². The standard InChI is InChI=1S/C11H17N3/c1-3-14-7-8(2)13-11-9(12)5-4-6-10(11)14/h4-6,8,13H,3,7,12H2,1-2H3. The summed E-state index contributed by atoms with van der Waals surface area (Å²) >= 11 is 0. The first-order valence-electron chi connectivity index (χ1n) is 5.12. The Morgan fingerprint density at radius 1 is 1.57 bits per heavy atom. The van der Waals surface area contributed by atoms with Gasteiger partial charge < -0.3 is 16.0 Å². The predicted molar refractivity (Wildman–Crippen MR) is 61.8 cm³/mol. The Balaban J connectivity index is 2.45. The van der Waals surface area contributed by atoms with E-state index in [0.717, 1.165) is 24.5 Å². The van der Waals surface area contributed by atoms with Gasteiger partial charge in [0.15, 0.2) is 0 Å². The van der Waals surface area contributed by atoms with Gasteiger partial charge in [-0.1, -0.05) is 6.07 Å². The van der Waals surface area contributed by atoms with Crippen molar-refractivity contribution in [1.82, 2.24) is 0 Å². The molecule has 3 nitrogen and oxygen atoms in total. The smallest absolute Gasteiger partial charge is 0.0814 e. The third-order valence-electron chi connectivity index (χ3n) is 2.68. The molecule has 0 bridgehead atoms. The third kappa shape index (κ3) is 1.39. The molecule has 0 radical (unpaired) electrons. The zero-order valence-corrected chi connectivity index (χ0v) is 8.75. The summed E-state index contributed by atoms with van der Waals surface area (Å²) in [6, 6.07) is 6.53. The normalized spacial score (nSPS) is 20.1. The highest BCUT2D eigenvalue weighted by atomic mass is 15.2. The third-order valence-corrected chi connectivity index (χ3v) is 2.68. The number of nitrogens with zero attached hydrogens (tertiary/aromatic N) is 1. The first kappa shape index (κ1) is 9.19. The van der Waals surface area contributed by atoms with Crippen LogP contribution in [0.25, 0.3) is 0 Å². The van der Waals surface area contributed by atoms with Gasteiger partial charge in [-0.15, -0.1) is 0 Å². The van der Waals surface area contributed by atoms with E-state index in [1.54, 1.807) is 0 Å². The molecule has 1 aromatic rings. The number of hydrogen-bond donors (Lipinski definition) is 2. The fourth-order valence-electron chi connectivity index (χ4n) is 2.00. The summed E-state index contributed by atoms with van der Waals surface area (Å²) in [6.45, 7) is 6.43. The lowest BCUT2D eigenvalue weighted by Gasteiger charge is -2.35. The highest BCUT2D eigenvalue weighted by Crippen LogP contribution is 2.35. The molecule has 1 aliphatic rings. The summed E-state index contributed by atoms with van der Waals surface area (Å²) in [7, 11) is 0. The number of anilines is 3. The average molecular weight is 191 g/mol. The molecule has 0 spiro atoms. The van der Waals surface area contributed by atoms with Crippen LogP contribution >= 0.6 is 0 Å². The Kier molecular flexibility index (Phi) is 2.23. The Bertz CT molecular complexity index is 335. The Morgan fingerprint density at radius 2 is 2.36 bits per heavy atom. The minimum absolute atomic E-state index is 0.465. The molecule has 0 fully saturated rings. The van der Waals surface area contributed by atoms with Crippen molar-refractivity contribution >= 4 is 17.1 Å². The summed E-state index contributed by atoms with van der Waals surface area (Å²) in [4.78, 5) is 2.35. The van der Waals surface area contributed by atoms with Gasteiger partial charge >= 0.3 is 0 Å². The number of hydrogen-bond acceptors (Lipinski definition) is 3. The topological polar surface area (TPSA) is 41.3 Å².